The van der Waals surface area contributed by atoms with Gasteiger partial charge in [-0.25, -0.2) is 0 Å². The highest BCUT2D eigenvalue weighted by Crippen LogP contribution is 2.26. The average molecular weight is 377 g/mol. The van der Waals surface area contributed by atoms with E-state index in [0.717, 1.165) is 56.1 Å². The van der Waals surface area contributed by atoms with Crippen molar-refractivity contribution in [2.45, 2.75) is 92.9 Å². The molecule has 0 radical (unpaired) electrons. The molecule has 0 fully saturated rings. The van der Waals surface area contributed by atoms with Crippen LogP contribution >= 0.6 is 0 Å². The molecule has 3 heteroatoms. The highest BCUT2D eigenvalue weighted by molar-refractivity contribution is 6.03. The van der Waals surface area contributed by atoms with E-state index in [9.17, 15) is 14.7 Å². The van der Waals surface area contributed by atoms with Crippen molar-refractivity contribution in [2.75, 3.05) is 0 Å². The zero-order valence-corrected chi connectivity index (χ0v) is 18.4. The summed E-state index contributed by atoms with van der Waals surface area (Å²) in [5, 5.41) is 9.22. The lowest BCUT2D eigenvalue weighted by Gasteiger charge is -2.19. The molecule has 0 aliphatic carbocycles. The van der Waals surface area contributed by atoms with E-state index < -0.39 is 11.4 Å². The van der Waals surface area contributed by atoms with E-state index in [2.05, 4.69) is 20.4 Å². The van der Waals surface area contributed by atoms with E-state index in [1.807, 2.05) is 26.0 Å². The van der Waals surface area contributed by atoms with Crippen molar-refractivity contribution in [3.05, 3.63) is 35.5 Å². The van der Waals surface area contributed by atoms with Gasteiger partial charge in [-0.1, -0.05) is 43.9 Å². The number of hydrogen-bond acceptors (Lipinski definition) is 2. The number of rotatable bonds is 14. The number of carbonyl (C=O) groups is 2. The zero-order chi connectivity index (χ0) is 21.0. The Morgan fingerprint density at radius 1 is 1.15 bits per heavy atom. The average Bonchev–Trinajstić information content (AvgIpc) is 2.57. The van der Waals surface area contributed by atoms with E-state index in [0.29, 0.717) is 12.3 Å². The lowest BCUT2D eigenvalue weighted by molar-refractivity contribution is -0.147. The van der Waals surface area contributed by atoms with Crippen molar-refractivity contribution in [2.24, 2.45) is 11.3 Å². The molecule has 154 valence electrons. The van der Waals surface area contributed by atoms with Gasteiger partial charge in [0.15, 0.2) is 5.78 Å². The molecule has 0 rings (SSSR count). The van der Waals surface area contributed by atoms with Gasteiger partial charge in [0.25, 0.3) is 0 Å². The number of allylic oxidation sites excluding steroid dienone is 5. The summed E-state index contributed by atoms with van der Waals surface area (Å²) in [5.41, 5.74) is 2.43. The van der Waals surface area contributed by atoms with E-state index in [-0.39, 0.29) is 5.78 Å². The summed E-state index contributed by atoms with van der Waals surface area (Å²) in [6.45, 7) is 15.7. The van der Waals surface area contributed by atoms with Crippen molar-refractivity contribution >= 4 is 11.8 Å². The summed E-state index contributed by atoms with van der Waals surface area (Å²) in [6.07, 6.45) is 10.9. The van der Waals surface area contributed by atoms with Crippen LogP contribution in [0.5, 0.6) is 0 Å². The van der Waals surface area contributed by atoms with Crippen LogP contribution in [0.2, 0.25) is 0 Å². The highest BCUT2D eigenvalue weighted by atomic mass is 16.4. The predicted octanol–water partition coefficient (Wildman–Crippen LogP) is 6.89. The van der Waals surface area contributed by atoms with Gasteiger partial charge in [0.1, 0.15) is 0 Å². The standard InChI is InChI=1S/C24H40O3/c1-8-19(4)16-21(14-9-10-15-24(6,7)23(26)27)17-22(25)20(5)13-11-12-18(2)3/h13,17,19H,2,8-12,14-16H2,1,3-7H3,(H,26,27)/b20-13?,21-17-. The van der Waals surface area contributed by atoms with Gasteiger partial charge in [0, 0.05) is 0 Å². The summed E-state index contributed by atoms with van der Waals surface area (Å²) in [7, 11) is 0. The van der Waals surface area contributed by atoms with E-state index in [1.54, 1.807) is 13.8 Å². The van der Waals surface area contributed by atoms with Crippen LogP contribution in [0, 0.1) is 11.3 Å². The largest absolute Gasteiger partial charge is 0.481 e. The first kappa shape index (κ1) is 25.4. The van der Waals surface area contributed by atoms with Crippen LogP contribution in [-0.4, -0.2) is 16.9 Å². The molecule has 1 N–H and O–H groups in total. The van der Waals surface area contributed by atoms with E-state index >= 15 is 0 Å². The van der Waals surface area contributed by atoms with Crippen LogP contribution in [0.3, 0.4) is 0 Å². The number of hydrogen-bond donors (Lipinski definition) is 1. The predicted molar refractivity (Wildman–Crippen MR) is 115 cm³/mol. The summed E-state index contributed by atoms with van der Waals surface area (Å²) < 4.78 is 0. The fourth-order valence-corrected chi connectivity index (χ4v) is 2.79. The minimum Gasteiger partial charge on any atom is -0.481 e. The first-order valence-electron chi connectivity index (χ1n) is 10.3. The lowest BCUT2D eigenvalue weighted by atomic mass is 9.86. The van der Waals surface area contributed by atoms with Crippen molar-refractivity contribution in [3.63, 3.8) is 0 Å². The third kappa shape index (κ3) is 11.6. The summed E-state index contributed by atoms with van der Waals surface area (Å²) >= 11 is 0. The van der Waals surface area contributed by atoms with Crippen LogP contribution in [0.4, 0.5) is 0 Å². The molecule has 3 nitrogen and oxygen atoms in total. The van der Waals surface area contributed by atoms with Crippen LogP contribution < -0.4 is 0 Å². The second kappa shape index (κ2) is 12.7. The Kier molecular flexibility index (Phi) is 11.9. The number of aliphatic carboxylic acids is 1. The second-order valence-corrected chi connectivity index (χ2v) is 8.66. The Morgan fingerprint density at radius 3 is 2.30 bits per heavy atom. The van der Waals surface area contributed by atoms with E-state index in [1.165, 1.54) is 5.57 Å². The molecular weight excluding hydrogens is 336 g/mol. The number of carboxylic acids is 1. The van der Waals surface area contributed by atoms with Gasteiger partial charge < -0.3 is 5.11 Å². The Morgan fingerprint density at radius 2 is 1.78 bits per heavy atom. The first-order valence-corrected chi connectivity index (χ1v) is 10.3. The van der Waals surface area contributed by atoms with Crippen molar-refractivity contribution in [1.82, 2.24) is 0 Å². The molecule has 0 aromatic heterocycles. The first-order chi connectivity index (χ1) is 12.5. The van der Waals surface area contributed by atoms with Crippen molar-refractivity contribution < 1.29 is 14.7 Å². The van der Waals surface area contributed by atoms with Gasteiger partial charge in [-0.3, -0.25) is 9.59 Å². The molecule has 0 saturated heterocycles. The molecular formula is C24H40O3. The van der Waals surface area contributed by atoms with Gasteiger partial charge in [-0.2, -0.15) is 0 Å². The molecule has 0 aliphatic rings. The van der Waals surface area contributed by atoms with Crippen LogP contribution in [-0.2, 0) is 9.59 Å². The number of carboxylic acid groups (broad SMARTS) is 1. The Hall–Kier alpha value is -1.64. The fourth-order valence-electron chi connectivity index (χ4n) is 2.79. The van der Waals surface area contributed by atoms with Gasteiger partial charge in [0.2, 0.25) is 0 Å². The molecule has 1 atom stereocenters. The number of ketones is 1. The zero-order valence-electron chi connectivity index (χ0n) is 18.4. The Bertz CT molecular complexity index is 564. The van der Waals surface area contributed by atoms with E-state index in [4.69, 9.17) is 0 Å². The highest BCUT2D eigenvalue weighted by Gasteiger charge is 2.26. The smallest absolute Gasteiger partial charge is 0.309 e. The van der Waals surface area contributed by atoms with Crippen LogP contribution in [0.15, 0.2) is 35.5 Å². The third-order valence-corrected chi connectivity index (χ3v) is 5.18. The monoisotopic (exact) mass is 376 g/mol. The molecule has 0 spiro atoms. The number of carbonyl (C=O) groups excluding carboxylic acids is 1. The van der Waals surface area contributed by atoms with Gasteiger partial charge in [-0.15, -0.1) is 6.58 Å². The molecule has 0 amide bonds. The van der Waals surface area contributed by atoms with Crippen LogP contribution in [0.25, 0.3) is 0 Å². The normalized spacial score (nSPS) is 14.1. The van der Waals surface area contributed by atoms with Crippen LogP contribution in [0.1, 0.15) is 92.9 Å². The second-order valence-electron chi connectivity index (χ2n) is 8.66. The van der Waals surface area contributed by atoms with Gasteiger partial charge in [-0.05, 0) is 83.8 Å². The molecule has 1 unspecified atom stereocenters. The summed E-state index contributed by atoms with van der Waals surface area (Å²) in [4.78, 5) is 23.7. The molecule has 0 aromatic rings. The fraction of sp³-hybridized carbons (Fsp3) is 0.667. The quantitative estimate of drug-likeness (QED) is 0.204. The Balaban J connectivity index is 4.87. The Labute approximate surface area is 166 Å². The summed E-state index contributed by atoms with van der Waals surface area (Å²) in [6, 6.07) is 0. The maximum atomic E-state index is 12.5. The maximum Gasteiger partial charge on any atom is 0.309 e. The molecule has 0 aliphatic heterocycles. The van der Waals surface area contributed by atoms with Crippen molar-refractivity contribution in [1.29, 1.82) is 0 Å². The lowest BCUT2D eigenvalue weighted by Crippen LogP contribution is -2.23. The summed E-state index contributed by atoms with van der Waals surface area (Å²) in [5.74, 6) is -0.100. The molecule has 0 saturated carbocycles. The van der Waals surface area contributed by atoms with Gasteiger partial charge in [0.05, 0.1) is 5.41 Å². The molecule has 0 aromatic carbocycles. The third-order valence-electron chi connectivity index (χ3n) is 5.18. The maximum absolute atomic E-state index is 12.5. The molecule has 27 heavy (non-hydrogen) atoms. The minimum atomic E-state index is -0.747. The van der Waals surface area contributed by atoms with Gasteiger partial charge >= 0.3 is 5.97 Å². The molecule has 0 bridgehead atoms. The SMILES string of the molecule is C=C(C)CCC=C(C)C(=O)/C=C(/CCCCC(C)(C)C(=O)O)CC(C)CC. The molecule has 0 heterocycles. The van der Waals surface area contributed by atoms with Crippen molar-refractivity contribution in [3.8, 4) is 0 Å². The number of unbranched alkanes of at least 4 members (excludes halogenated alkanes) is 1. The topological polar surface area (TPSA) is 54.4 Å². The minimum absolute atomic E-state index is 0.0980.